The van der Waals surface area contributed by atoms with Crippen molar-refractivity contribution in [2.24, 2.45) is 0 Å². The zero-order chi connectivity index (χ0) is 14.8. The van der Waals surface area contributed by atoms with E-state index in [-0.39, 0.29) is 11.9 Å². The zero-order valence-corrected chi connectivity index (χ0v) is 12.3. The Morgan fingerprint density at radius 1 is 1.05 bits per heavy atom. The molecule has 0 atom stereocenters. The first kappa shape index (κ1) is 16.2. The Bertz CT molecular complexity index is 426. The molecule has 0 saturated carbocycles. The van der Waals surface area contributed by atoms with E-state index in [0.29, 0.717) is 24.3 Å². The molecular weight excluding hydrogens is 254 g/mol. The van der Waals surface area contributed by atoms with Crippen molar-refractivity contribution in [1.29, 1.82) is 0 Å². The lowest BCUT2D eigenvalue weighted by Crippen LogP contribution is -2.10. The Hall–Kier alpha value is -1.84. The van der Waals surface area contributed by atoms with E-state index in [2.05, 4.69) is 12.2 Å². The van der Waals surface area contributed by atoms with Crippen LogP contribution in [-0.2, 0) is 9.53 Å². The number of carbonyl (C=O) groups is 2. The summed E-state index contributed by atoms with van der Waals surface area (Å²) in [7, 11) is 0. The number of esters is 1. The first-order chi connectivity index (χ1) is 9.67. The maximum Gasteiger partial charge on any atom is 0.338 e. The average molecular weight is 277 g/mol. The Morgan fingerprint density at radius 2 is 1.75 bits per heavy atom. The summed E-state index contributed by atoms with van der Waals surface area (Å²) in [5, 5.41) is 2.73. The second kappa shape index (κ2) is 9.13. The van der Waals surface area contributed by atoms with Gasteiger partial charge < -0.3 is 10.1 Å². The van der Waals surface area contributed by atoms with Gasteiger partial charge in [-0.2, -0.15) is 0 Å². The molecule has 0 radical (unpaired) electrons. The molecule has 4 heteroatoms. The molecule has 20 heavy (non-hydrogen) atoms. The Labute approximate surface area is 120 Å². The van der Waals surface area contributed by atoms with Crippen molar-refractivity contribution in [3.05, 3.63) is 29.8 Å². The highest BCUT2D eigenvalue weighted by Gasteiger charge is 2.07. The van der Waals surface area contributed by atoms with Crippen LogP contribution in [0.4, 0.5) is 5.69 Å². The summed E-state index contributed by atoms with van der Waals surface area (Å²) in [6, 6.07) is 6.75. The third-order valence-corrected chi connectivity index (χ3v) is 2.96. The van der Waals surface area contributed by atoms with E-state index in [1.165, 1.54) is 12.8 Å². The lowest BCUT2D eigenvalue weighted by atomic mass is 10.2. The summed E-state index contributed by atoms with van der Waals surface area (Å²) < 4.78 is 5.19. The van der Waals surface area contributed by atoms with Gasteiger partial charge in [0.1, 0.15) is 0 Å². The normalized spacial score (nSPS) is 10.1. The van der Waals surface area contributed by atoms with Crippen LogP contribution in [0, 0.1) is 0 Å². The molecule has 1 aromatic carbocycles. The first-order valence-corrected chi connectivity index (χ1v) is 7.24. The number of carbonyl (C=O) groups excluding carboxylic acids is 2. The lowest BCUT2D eigenvalue weighted by Gasteiger charge is -2.06. The van der Waals surface area contributed by atoms with E-state index in [4.69, 9.17) is 4.74 Å². The van der Waals surface area contributed by atoms with Crippen molar-refractivity contribution < 1.29 is 14.3 Å². The number of anilines is 1. The highest BCUT2D eigenvalue weighted by atomic mass is 16.5. The molecule has 0 heterocycles. The molecule has 0 fully saturated rings. The van der Waals surface area contributed by atoms with Crippen molar-refractivity contribution in [2.45, 2.75) is 46.0 Å². The predicted octanol–water partition coefficient (Wildman–Crippen LogP) is 3.77. The highest BCUT2D eigenvalue weighted by molar-refractivity contribution is 5.92. The number of ether oxygens (including phenoxy) is 1. The van der Waals surface area contributed by atoms with Gasteiger partial charge in [-0.15, -0.1) is 0 Å². The predicted molar refractivity (Wildman–Crippen MR) is 79.8 cm³/mol. The first-order valence-electron chi connectivity index (χ1n) is 7.24. The van der Waals surface area contributed by atoms with Gasteiger partial charge in [-0.1, -0.05) is 33.1 Å². The van der Waals surface area contributed by atoms with E-state index in [0.717, 1.165) is 12.8 Å². The van der Waals surface area contributed by atoms with Crippen molar-refractivity contribution in [1.82, 2.24) is 0 Å². The fourth-order valence-corrected chi connectivity index (χ4v) is 1.72. The molecule has 0 saturated heterocycles. The van der Waals surface area contributed by atoms with Gasteiger partial charge in [0.05, 0.1) is 12.2 Å². The van der Waals surface area contributed by atoms with Gasteiger partial charge >= 0.3 is 5.97 Å². The Balaban J connectivity index is 2.39. The molecule has 0 aliphatic carbocycles. The largest absolute Gasteiger partial charge is 0.462 e. The SMILES string of the molecule is CCCCCCOC(=O)c1ccc(NC(=O)CC)cc1. The van der Waals surface area contributed by atoms with Gasteiger partial charge in [0.15, 0.2) is 0 Å². The van der Waals surface area contributed by atoms with Crippen LogP contribution < -0.4 is 5.32 Å². The number of rotatable bonds is 8. The summed E-state index contributed by atoms with van der Waals surface area (Å²) in [5.74, 6) is -0.355. The quantitative estimate of drug-likeness (QED) is 0.581. The summed E-state index contributed by atoms with van der Waals surface area (Å²) >= 11 is 0. The van der Waals surface area contributed by atoms with Crippen LogP contribution >= 0.6 is 0 Å². The van der Waals surface area contributed by atoms with Crippen LogP contribution in [0.15, 0.2) is 24.3 Å². The van der Waals surface area contributed by atoms with Crippen LogP contribution in [0.3, 0.4) is 0 Å². The molecule has 110 valence electrons. The van der Waals surface area contributed by atoms with Crippen molar-refractivity contribution >= 4 is 17.6 Å². The highest BCUT2D eigenvalue weighted by Crippen LogP contribution is 2.11. The second-order valence-electron chi connectivity index (χ2n) is 4.68. The molecule has 1 amide bonds. The maximum absolute atomic E-state index is 11.8. The van der Waals surface area contributed by atoms with E-state index >= 15 is 0 Å². The zero-order valence-electron chi connectivity index (χ0n) is 12.3. The Kier molecular flexibility index (Phi) is 7.40. The molecule has 1 aromatic rings. The third kappa shape index (κ3) is 5.87. The van der Waals surface area contributed by atoms with Gasteiger partial charge in [0, 0.05) is 12.1 Å². The maximum atomic E-state index is 11.8. The molecule has 0 aromatic heterocycles. The molecule has 1 N–H and O–H groups in total. The number of unbranched alkanes of at least 4 members (excludes halogenated alkanes) is 3. The van der Waals surface area contributed by atoms with Gasteiger partial charge in [0.25, 0.3) is 0 Å². The topological polar surface area (TPSA) is 55.4 Å². The monoisotopic (exact) mass is 277 g/mol. The van der Waals surface area contributed by atoms with Crippen molar-refractivity contribution in [2.75, 3.05) is 11.9 Å². The van der Waals surface area contributed by atoms with E-state index in [1.54, 1.807) is 31.2 Å². The number of nitrogens with one attached hydrogen (secondary N) is 1. The summed E-state index contributed by atoms with van der Waals surface area (Å²) in [4.78, 5) is 23.0. The van der Waals surface area contributed by atoms with Gasteiger partial charge in [-0.25, -0.2) is 4.79 Å². The molecule has 0 aliphatic rings. The smallest absolute Gasteiger partial charge is 0.338 e. The van der Waals surface area contributed by atoms with Crippen LogP contribution in [0.1, 0.15) is 56.3 Å². The molecule has 0 bridgehead atoms. The molecule has 1 rings (SSSR count). The molecule has 0 unspecified atom stereocenters. The van der Waals surface area contributed by atoms with E-state index in [9.17, 15) is 9.59 Å². The van der Waals surface area contributed by atoms with Gasteiger partial charge in [-0.3, -0.25) is 4.79 Å². The molecule has 0 aliphatic heterocycles. The van der Waals surface area contributed by atoms with Crippen molar-refractivity contribution in [3.8, 4) is 0 Å². The average Bonchev–Trinajstić information content (AvgIpc) is 2.47. The Morgan fingerprint density at radius 3 is 2.35 bits per heavy atom. The van der Waals surface area contributed by atoms with Gasteiger partial charge in [-0.05, 0) is 30.7 Å². The summed E-state index contributed by atoms with van der Waals surface area (Å²) in [6.45, 7) is 4.40. The van der Waals surface area contributed by atoms with Crippen LogP contribution in [0.25, 0.3) is 0 Å². The van der Waals surface area contributed by atoms with Crippen molar-refractivity contribution in [3.63, 3.8) is 0 Å². The molecule has 0 spiro atoms. The van der Waals surface area contributed by atoms with Crippen LogP contribution in [0.2, 0.25) is 0 Å². The van der Waals surface area contributed by atoms with E-state index in [1.807, 2.05) is 0 Å². The lowest BCUT2D eigenvalue weighted by molar-refractivity contribution is -0.115. The molecular formula is C16H23NO3. The second-order valence-corrected chi connectivity index (χ2v) is 4.68. The fraction of sp³-hybridized carbons (Fsp3) is 0.500. The third-order valence-electron chi connectivity index (χ3n) is 2.96. The fourth-order valence-electron chi connectivity index (χ4n) is 1.72. The minimum Gasteiger partial charge on any atom is -0.462 e. The summed E-state index contributed by atoms with van der Waals surface area (Å²) in [5.41, 5.74) is 1.20. The van der Waals surface area contributed by atoms with Crippen LogP contribution in [-0.4, -0.2) is 18.5 Å². The summed E-state index contributed by atoms with van der Waals surface area (Å²) in [6.07, 6.45) is 4.76. The number of amides is 1. The van der Waals surface area contributed by atoms with E-state index < -0.39 is 0 Å². The minimum atomic E-state index is -0.310. The number of benzene rings is 1. The minimum absolute atomic E-state index is 0.0451. The number of hydrogen-bond acceptors (Lipinski definition) is 3. The van der Waals surface area contributed by atoms with Crippen LogP contribution in [0.5, 0.6) is 0 Å². The standard InChI is InChI=1S/C16H23NO3/c1-3-5-6-7-12-20-16(19)13-8-10-14(11-9-13)17-15(18)4-2/h8-11H,3-7,12H2,1-2H3,(H,17,18). The molecule has 4 nitrogen and oxygen atoms in total. The van der Waals surface area contributed by atoms with Gasteiger partial charge in [0.2, 0.25) is 5.91 Å². The number of hydrogen-bond donors (Lipinski definition) is 1.